The maximum Gasteiger partial charge on any atom is 0.0834 e. The maximum absolute atomic E-state index is 4.94. The van der Waals surface area contributed by atoms with Crippen LogP contribution in [0.15, 0.2) is 21.3 Å². The molecule has 0 bridgehead atoms. The molecule has 0 spiro atoms. The molecule has 0 saturated heterocycles. The van der Waals surface area contributed by atoms with Gasteiger partial charge in [0.05, 0.1) is 13.6 Å². The lowest BCUT2D eigenvalue weighted by molar-refractivity contribution is 1.25. The van der Waals surface area contributed by atoms with Crippen LogP contribution < -0.4 is 0 Å². The average Bonchev–Trinajstić information content (AvgIpc) is 1.80. The molecule has 1 heterocycles. The highest BCUT2D eigenvalue weighted by atomic mass is 79.9. The summed E-state index contributed by atoms with van der Waals surface area (Å²) in [4.78, 5) is 2.94. The van der Waals surface area contributed by atoms with Gasteiger partial charge in [-0.25, -0.2) is 0 Å². The zero-order chi connectivity index (χ0) is 6.85. The Labute approximate surface area is 74.7 Å². The Kier molecular flexibility index (Phi) is 2.43. The molecule has 1 aromatic heterocycles. The van der Waals surface area contributed by atoms with E-state index in [1.165, 1.54) is 0 Å². The quantitative estimate of drug-likeness (QED) is 0.564. The minimum absolute atomic E-state index is 0.806. The van der Waals surface area contributed by atoms with Crippen molar-refractivity contribution in [3.05, 3.63) is 25.8 Å². The number of aromatic amines is 1. The third-order valence-corrected chi connectivity index (χ3v) is 2.54. The van der Waals surface area contributed by atoms with Crippen molar-refractivity contribution in [2.24, 2.45) is 0 Å². The Balaban J connectivity index is 3.34. The van der Waals surface area contributed by atoms with E-state index in [9.17, 15) is 0 Å². The van der Waals surface area contributed by atoms with Gasteiger partial charge in [0, 0.05) is 6.20 Å². The number of hydrogen-bond acceptors (Lipinski definition) is 1. The number of nitrogens with one attached hydrogen (secondary N) is 1. The number of H-pyrrole nitrogens is 1. The molecule has 0 amide bonds. The van der Waals surface area contributed by atoms with Gasteiger partial charge < -0.3 is 4.98 Å². The molecule has 0 radical (unpaired) electrons. The Morgan fingerprint density at radius 3 is 2.56 bits per heavy atom. The fraction of sp³-hybridized carbons (Fsp3) is 0. The Bertz CT molecular complexity index is 268. The smallest absolute Gasteiger partial charge is 0.0834 e. The van der Waals surface area contributed by atoms with Gasteiger partial charge in [0.25, 0.3) is 0 Å². The molecular weight excluding hydrogens is 266 g/mol. The molecule has 0 atom stereocenters. The highest BCUT2D eigenvalue weighted by Crippen LogP contribution is 2.13. The SMILES string of the molecule is S=c1cc(Br)[nH]cc1Br. The van der Waals surface area contributed by atoms with E-state index in [0.717, 1.165) is 13.6 Å². The molecule has 4 heteroatoms. The van der Waals surface area contributed by atoms with Crippen LogP contribution in [-0.4, -0.2) is 4.98 Å². The Morgan fingerprint density at radius 2 is 2.11 bits per heavy atom. The summed E-state index contributed by atoms with van der Waals surface area (Å²) in [6, 6.07) is 1.83. The van der Waals surface area contributed by atoms with Crippen LogP contribution >= 0.6 is 44.1 Å². The van der Waals surface area contributed by atoms with Crippen molar-refractivity contribution in [1.82, 2.24) is 4.98 Å². The van der Waals surface area contributed by atoms with Gasteiger partial charge in [0.2, 0.25) is 0 Å². The summed E-state index contributed by atoms with van der Waals surface area (Å²) in [7, 11) is 0. The molecule has 9 heavy (non-hydrogen) atoms. The molecule has 1 rings (SSSR count). The highest BCUT2D eigenvalue weighted by molar-refractivity contribution is 9.11. The largest absolute Gasteiger partial charge is 0.355 e. The van der Waals surface area contributed by atoms with Crippen LogP contribution in [0.2, 0.25) is 0 Å². The normalized spacial score (nSPS) is 9.56. The van der Waals surface area contributed by atoms with Gasteiger partial charge >= 0.3 is 0 Å². The first-order chi connectivity index (χ1) is 4.20. The fourth-order valence-corrected chi connectivity index (χ4v) is 1.33. The molecule has 0 aromatic carbocycles. The molecule has 0 saturated carbocycles. The molecule has 0 aliphatic carbocycles. The first-order valence-electron chi connectivity index (χ1n) is 2.24. The highest BCUT2D eigenvalue weighted by Gasteiger charge is 1.88. The number of rotatable bonds is 0. The Hall–Kier alpha value is 0.330. The monoisotopic (exact) mass is 267 g/mol. The molecule has 0 aliphatic heterocycles. The standard InChI is InChI=1S/C5H3Br2NS/c6-3-2-8-5(7)1-4(3)9/h1-2H,(H,8,9). The topological polar surface area (TPSA) is 15.8 Å². The second-order valence-corrected chi connectivity index (χ2v) is 3.64. The predicted molar refractivity (Wildman–Crippen MR) is 47.0 cm³/mol. The van der Waals surface area contributed by atoms with E-state index < -0.39 is 0 Å². The van der Waals surface area contributed by atoms with Gasteiger partial charge in [0.1, 0.15) is 0 Å². The average molecular weight is 269 g/mol. The maximum atomic E-state index is 4.94. The number of halogens is 2. The van der Waals surface area contributed by atoms with Crippen molar-refractivity contribution in [2.45, 2.75) is 0 Å². The molecule has 0 aliphatic rings. The van der Waals surface area contributed by atoms with E-state index >= 15 is 0 Å². The summed E-state index contributed by atoms with van der Waals surface area (Å²) in [5, 5.41) is 0. The van der Waals surface area contributed by atoms with E-state index in [1.54, 1.807) is 6.20 Å². The van der Waals surface area contributed by atoms with Crippen LogP contribution in [0.1, 0.15) is 0 Å². The van der Waals surface area contributed by atoms with E-state index in [2.05, 4.69) is 36.8 Å². The van der Waals surface area contributed by atoms with Crippen LogP contribution in [0, 0.1) is 4.51 Å². The lowest BCUT2D eigenvalue weighted by Crippen LogP contribution is -1.73. The molecule has 1 N–H and O–H groups in total. The number of pyridine rings is 1. The lowest BCUT2D eigenvalue weighted by Gasteiger charge is -1.90. The minimum atomic E-state index is 0.806. The summed E-state index contributed by atoms with van der Waals surface area (Å²) in [6.45, 7) is 0. The molecular formula is C5H3Br2NS. The first-order valence-corrected chi connectivity index (χ1v) is 4.23. The predicted octanol–water partition coefficient (Wildman–Crippen LogP) is 3.27. The van der Waals surface area contributed by atoms with Gasteiger partial charge in [-0.1, -0.05) is 12.2 Å². The van der Waals surface area contributed by atoms with Crippen molar-refractivity contribution in [3.8, 4) is 0 Å². The molecule has 0 unspecified atom stereocenters. The zero-order valence-electron chi connectivity index (χ0n) is 4.32. The second-order valence-electron chi connectivity index (χ2n) is 1.49. The van der Waals surface area contributed by atoms with Gasteiger partial charge in [-0.05, 0) is 37.9 Å². The van der Waals surface area contributed by atoms with Crippen molar-refractivity contribution in [1.29, 1.82) is 0 Å². The van der Waals surface area contributed by atoms with Crippen molar-refractivity contribution in [3.63, 3.8) is 0 Å². The summed E-state index contributed by atoms with van der Waals surface area (Å²) < 4.78 is 2.62. The van der Waals surface area contributed by atoms with Gasteiger partial charge in [-0.15, -0.1) is 0 Å². The number of hydrogen-bond donors (Lipinski definition) is 1. The second kappa shape index (κ2) is 2.94. The van der Waals surface area contributed by atoms with Crippen LogP contribution in [0.4, 0.5) is 0 Å². The lowest BCUT2D eigenvalue weighted by atomic mass is 10.5. The molecule has 0 fully saturated rings. The zero-order valence-corrected chi connectivity index (χ0v) is 8.31. The van der Waals surface area contributed by atoms with Crippen LogP contribution in [0.5, 0.6) is 0 Å². The third kappa shape index (κ3) is 1.88. The van der Waals surface area contributed by atoms with Crippen LogP contribution in [-0.2, 0) is 0 Å². The van der Waals surface area contributed by atoms with E-state index in [4.69, 9.17) is 12.2 Å². The summed E-state index contributed by atoms with van der Waals surface area (Å²) in [5.74, 6) is 0. The van der Waals surface area contributed by atoms with Gasteiger partial charge in [-0.3, -0.25) is 0 Å². The van der Waals surface area contributed by atoms with Crippen LogP contribution in [0.3, 0.4) is 0 Å². The van der Waals surface area contributed by atoms with Gasteiger partial charge in [0.15, 0.2) is 0 Å². The van der Waals surface area contributed by atoms with Gasteiger partial charge in [-0.2, -0.15) is 0 Å². The minimum Gasteiger partial charge on any atom is -0.355 e. The summed E-state index contributed by atoms with van der Waals surface area (Å²) >= 11 is 11.5. The van der Waals surface area contributed by atoms with E-state index in [-0.39, 0.29) is 0 Å². The summed E-state index contributed by atoms with van der Waals surface area (Å²) in [5.41, 5.74) is 0. The first kappa shape index (κ1) is 7.44. The van der Waals surface area contributed by atoms with Crippen molar-refractivity contribution in [2.75, 3.05) is 0 Å². The third-order valence-electron chi connectivity index (χ3n) is 0.830. The summed E-state index contributed by atoms with van der Waals surface area (Å²) in [6.07, 6.45) is 1.80. The fourth-order valence-electron chi connectivity index (χ4n) is 0.429. The van der Waals surface area contributed by atoms with Crippen molar-refractivity contribution < 1.29 is 0 Å². The van der Waals surface area contributed by atoms with E-state index in [1.807, 2.05) is 6.07 Å². The van der Waals surface area contributed by atoms with Crippen LogP contribution in [0.25, 0.3) is 0 Å². The number of aromatic nitrogens is 1. The molecule has 1 aromatic rings. The molecule has 1 nitrogen and oxygen atoms in total. The van der Waals surface area contributed by atoms with E-state index in [0.29, 0.717) is 0 Å². The van der Waals surface area contributed by atoms with Crippen molar-refractivity contribution >= 4 is 44.1 Å². The molecule has 48 valence electrons. The Morgan fingerprint density at radius 1 is 1.44 bits per heavy atom.